The van der Waals surface area contributed by atoms with Crippen LogP contribution in [0.5, 0.6) is 0 Å². The third-order valence-electron chi connectivity index (χ3n) is 1.36. The Hall–Kier alpha value is 0.774. The molecule has 0 aliphatic heterocycles. The van der Waals surface area contributed by atoms with Gasteiger partial charge in [0.1, 0.15) is 0 Å². The first-order valence-corrected chi connectivity index (χ1v) is 7.70. The zero-order valence-corrected chi connectivity index (χ0v) is 9.72. The van der Waals surface area contributed by atoms with E-state index >= 15 is 0 Å². The van der Waals surface area contributed by atoms with Crippen molar-refractivity contribution < 1.29 is 17.0 Å². The van der Waals surface area contributed by atoms with E-state index in [2.05, 4.69) is 38.5 Å². The third kappa shape index (κ3) is 5.98. The van der Waals surface area contributed by atoms with Gasteiger partial charge in [-0.3, -0.25) is 0 Å². The van der Waals surface area contributed by atoms with E-state index in [4.69, 9.17) is 18.6 Å². The molecule has 1 aliphatic rings. The molecule has 0 unspecified atom stereocenters. The predicted molar refractivity (Wildman–Crippen MR) is 48.1 cm³/mol. The minimum atomic E-state index is -0.556. The van der Waals surface area contributed by atoms with Crippen molar-refractivity contribution in [3.63, 3.8) is 0 Å². The molecule has 1 aliphatic carbocycles. The van der Waals surface area contributed by atoms with Crippen LogP contribution in [0.1, 0.15) is 13.8 Å². The van der Waals surface area contributed by atoms with Crippen LogP contribution >= 0.6 is 18.6 Å². The van der Waals surface area contributed by atoms with Gasteiger partial charge in [0.15, 0.2) is 0 Å². The molecule has 0 aromatic carbocycles. The average molecular weight is 226 g/mol. The number of rotatable bonds is 1. The summed E-state index contributed by atoms with van der Waals surface area (Å²) in [4.78, 5) is 0. The summed E-state index contributed by atoms with van der Waals surface area (Å²) >= 11 is -0.556. The molecule has 0 fully saturated rings. The van der Waals surface area contributed by atoms with Gasteiger partial charge >= 0.3 is 35.6 Å². The van der Waals surface area contributed by atoms with Crippen molar-refractivity contribution in [1.29, 1.82) is 0 Å². The molecular formula is C8H11Cl2Ti. The molecule has 0 amide bonds. The van der Waals surface area contributed by atoms with E-state index in [1.54, 1.807) is 0 Å². The fourth-order valence-corrected chi connectivity index (χ4v) is 0.774. The van der Waals surface area contributed by atoms with E-state index in [1.807, 2.05) is 0 Å². The second kappa shape index (κ2) is 7.42. The summed E-state index contributed by atoms with van der Waals surface area (Å²) in [6.07, 6.45) is 8.47. The zero-order chi connectivity index (χ0) is 8.69. The van der Waals surface area contributed by atoms with Gasteiger partial charge in [0.05, 0.1) is 0 Å². The summed E-state index contributed by atoms with van der Waals surface area (Å²) in [5, 5.41) is 0. The molecule has 1 rings (SSSR count). The fourth-order valence-electron chi connectivity index (χ4n) is 0.774. The van der Waals surface area contributed by atoms with E-state index in [0.717, 1.165) is 0 Å². The van der Waals surface area contributed by atoms with Crippen molar-refractivity contribution in [1.82, 2.24) is 0 Å². The predicted octanol–water partition coefficient (Wildman–Crippen LogP) is 3.72. The monoisotopic (exact) mass is 225 g/mol. The Balaban J connectivity index is 0.000000292. The topological polar surface area (TPSA) is 0 Å². The molecule has 0 heterocycles. The number of hydrogen-bond donors (Lipinski definition) is 0. The van der Waals surface area contributed by atoms with Crippen LogP contribution in [-0.4, -0.2) is 0 Å². The SMILES string of the molecule is CC(C)C1=C[CH]C=C1.[Cl][Ti][Cl]. The number of hydrogen-bond acceptors (Lipinski definition) is 0. The first kappa shape index (κ1) is 11.8. The molecule has 0 aromatic heterocycles. The quantitative estimate of drug-likeness (QED) is 0.597. The van der Waals surface area contributed by atoms with Gasteiger partial charge < -0.3 is 0 Å². The molecule has 0 spiro atoms. The standard InChI is InChI=1S/C8H11.2ClH.Ti/c1-7(2)8-5-3-4-6-8;;;/h3-7H,1-2H3;2*1H;/q;;;+2/p-2. The Morgan fingerprint density at radius 2 is 1.91 bits per heavy atom. The van der Waals surface area contributed by atoms with Crippen LogP contribution in [-0.2, 0) is 17.0 Å². The Kier molecular flexibility index (Phi) is 7.95. The van der Waals surface area contributed by atoms with Crippen LogP contribution in [0.15, 0.2) is 23.8 Å². The molecule has 0 N–H and O–H groups in total. The molecule has 0 nitrogen and oxygen atoms in total. The molecule has 61 valence electrons. The van der Waals surface area contributed by atoms with Crippen LogP contribution in [0, 0.1) is 12.3 Å². The van der Waals surface area contributed by atoms with Crippen LogP contribution < -0.4 is 0 Å². The summed E-state index contributed by atoms with van der Waals surface area (Å²) in [6.45, 7) is 4.41. The van der Waals surface area contributed by atoms with E-state index in [9.17, 15) is 0 Å². The van der Waals surface area contributed by atoms with Crippen LogP contribution in [0.2, 0.25) is 0 Å². The van der Waals surface area contributed by atoms with Crippen molar-refractivity contribution in [3.05, 3.63) is 30.2 Å². The molecule has 0 saturated heterocycles. The van der Waals surface area contributed by atoms with Crippen molar-refractivity contribution in [2.75, 3.05) is 0 Å². The van der Waals surface area contributed by atoms with Crippen molar-refractivity contribution in [3.8, 4) is 0 Å². The zero-order valence-electron chi connectivity index (χ0n) is 6.64. The number of halogens is 2. The summed E-state index contributed by atoms with van der Waals surface area (Å²) in [6, 6.07) is 0. The van der Waals surface area contributed by atoms with E-state index in [0.29, 0.717) is 5.92 Å². The molecule has 3 heteroatoms. The van der Waals surface area contributed by atoms with Gasteiger partial charge in [-0.2, -0.15) is 0 Å². The van der Waals surface area contributed by atoms with Crippen LogP contribution in [0.3, 0.4) is 0 Å². The first-order valence-electron chi connectivity index (χ1n) is 3.40. The summed E-state index contributed by atoms with van der Waals surface area (Å²) in [5.41, 5.74) is 1.44. The molecule has 0 aromatic rings. The van der Waals surface area contributed by atoms with E-state index < -0.39 is 17.0 Å². The third-order valence-corrected chi connectivity index (χ3v) is 1.36. The Bertz CT molecular complexity index is 150. The van der Waals surface area contributed by atoms with Gasteiger partial charge in [0.25, 0.3) is 0 Å². The van der Waals surface area contributed by atoms with Gasteiger partial charge in [-0.1, -0.05) is 32.1 Å². The van der Waals surface area contributed by atoms with Crippen LogP contribution in [0.25, 0.3) is 0 Å². The second-order valence-corrected chi connectivity index (χ2v) is 5.02. The average Bonchev–Trinajstić information content (AvgIpc) is 2.38. The molecule has 11 heavy (non-hydrogen) atoms. The van der Waals surface area contributed by atoms with Crippen molar-refractivity contribution in [2.45, 2.75) is 13.8 Å². The van der Waals surface area contributed by atoms with E-state index in [-0.39, 0.29) is 0 Å². The normalized spacial score (nSPS) is 14.1. The fraction of sp³-hybridized carbons (Fsp3) is 0.375. The maximum absolute atomic E-state index is 4.89. The first-order chi connectivity index (χ1) is 5.22. The molecular weight excluding hydrogens is 215 g/mol. The van der Waals surface area contributed by atoms with Crippen molar-refractivity contribution >= 4 is 18.6 Å². The summed E-state index contributed by atoms with van der Waals surface area (Å²) in [7, 11) is 9.78. The van der Waals surface area contributed by atoms with Crippen molar-refractivity contribution in [2.24, 2.45) is 5.92 Å². The van der Waals surface area contributed by atoms with Crippen LogP contribution in [0.4, 0.5) is 0 Å². The summed E-state index contributed by atoms with van der Waals surface area (Å²) < 4.78 is 0. The Labute approximate surface area is 85.3 Å². The molecule has 0 bridgehead atoms. The second-order valence-electron chi connectivity index (χ2n) is 2.44. The molecule has 1 radical (unpaired) electrons. The van der Waals surface area contributed by atoms with Gasteiger partial charge in [-0.25, -0.2) is 0 Å². The Morgan fingerprint density at radius 3 is 2.09 bits per heavy atom. The maximum atomic E-state index is 4.89. The van der Waals surface area contributed by atoms with E-state index in [1.165, 1.54) is 5.57 Å². The van der Waals surface area contributed by atoms with Gasteiger partial charge in [0, 0.05) is 6.42 Å². The molecule has 0 atom stereocenters. The minimum absolute atomic E-state index is 0.556. The molecule has 0 saturated carbocycles. The summed E-state index contributed by atoms with van der Waals surface area (Å²) in [5.74, 6) is 0.685. The Morgan fingerprint density at radius 1 is 1.36 bits per heavy atom. The van der Waals surface area contributed by atoms with Gasteiger partial charge in [-0.05, 0) is 11.5 Å². The van der Waals surface area contributed by atoms with Gasteiger partial charge in [-0.15, -0.1) is 0 Å². The number of allylic oxidation sites excluding steroid dienone is 4. The van der Waals surface area contributed by atoms with Gasteiger partial charge in [0.2, 0.25) is 0 Å².